The van der Waals surface area contributed by atoms with Gasteiger partial charge in [-0.2, -0.15) is 0 Å². The van der Waals surface area contributed by atoms with Gasteiger partial charge < -0.3 is 15.5 Å². The van der Waals surface area contributed by atoms with Crippen molar-refractivity contribution in [1.29, 1.82) is 0 Å². The normalized spacial score (nSPS) is 13.4. The third-order valence-electron chi connectivity index (χ3n) is 4.87. The van der Waals surface area contributed by atoms with Gasteiger partial charge in [-0.05, 0) is 41.7 Å². The molecular formula is C22H27FN4O. The number of carbonyl (C=O) groups excluding carboxylic acids is 1. The molecule has 0 bridgehead atoms. The summed E-state index contributed by atoms with van der Waals surface area (Å²) in [5, 5.41) is 6.44. The van der Waals surface area contributed by atoms with E-state index in [-0.39, 0.29) is 11.7 Å². The maximum Gasteiger partial charge on any atom is 0.223 e. The van der Waals surface area contributed by atoms with Crippen LogP contribution in [-0.4, -0.2) is 36.9 Å². The maximum absolute atomic E-state index is 13.2. The van der Waals surface area contributed by atoms with Gasteiger partial charge in [0.05, 0.1) is 0 Å². The number of rotatable bonds is 7. The zero-order valence-electron chi connectivity index (χ0n) is 16.2. The Morgan fingerprint density at radius 1 is 1.07 bits per heavy atom. The fraction of sp³-hybridized carbons (Fsp3) is 0.364. The summed E-state index contributed by atoms with van der Waals surface area (Å²) in [5.74, 6) is 0.662. The van der Waals surface area contributed by atoms with Gasteiger partial charge in [-0.15, -0.1) is 0 Å². The van der Waals surface area contributed by atoms with Crippen LogP contribution in [0, 0.1) is 5.82 Å². The van der Waals surface area contributed by atoms with Crippen molar-refractivity contribution in [3.8, 4) is 0 Å². The van der Waals surface area contributed by atoms with Crippen LogP contribution in [0.25, 0.3) is 0 Å². The average Bonchev–Trinajstić information content (AvgIpc) is 3.14. The summed E-state index contributed by atoms with van der Waals surface area (Å²) in [5.41, 5.74) is 3.44. The number of halogens is 1. The predicted molar refractivity (Wildman–Crippen MR) is 109 cm³/mol. The summed E-state index contributed by atoms with van der Waals surface area (Å²) in [6.45, 7) is 2.76. The summed E-state index contributed by atoms with van der Waals surface area (Å²) in [6.07, 6.45) is 1.98. The Balaban J connectivity index is 1.32. The Morgan fingerprint density at radius 2 is 1.79 bits per heavy atom. The number of hydrogen-bond acceptors (Lipinski definition) is 2. The molecule has 148 valence electrons. The number of carbonyl (C=O) groups is 1. The molecule has 2 N–H and O–H groups in total. The van der Waals surface area contributed by atoms with E-state index in [1.54, 1.807) is 19.2 Å². The van der Waals surface area contributed by atoms with E-state index in [0.29, 0.717) is 45.0 Å². The molecular weight excluding hydrogens is 355 g/mol. The van der Waals surface area contributed by atoms with Gasteiger partial charge in [0.2, 0.25) is 5.91 Å². The molecule has 6 heteroatoms. The molecule has 5 nitrogen and oxygen atoms in total. The van der Waals surface area contributed by atoms with Crippen LogP contribution >= 0.6 is 0 Å². The number of amides is 1. The molecule has 1 aliphatic rings. The number of nitrogens with zero attached hydrogens (tertiary/aromatic N) is 2. The molecule has 0 aromatic heterocycles. The minimum absolute atomic E-state index is 0.187. The van der Waals surface area contributed by atoms with Gasteiger partial charge in [0.25, 0.3) is 0 Å². The van der Waals surface area contributed by atoms with Crippen LogP contribution in [0.3, 0.4) is 0 Å². The van der Waals surface area contributed by atoms with Crippen LogP contribution in [-0.2, 0) is 24.3 Å². The van der Waals surface area contributed by atoms with E-state index in [1.165, 1.54) is 17.2 Å². The lowest BCUT2D eigenvalue weighted by Crippen LogP contribution is -2.39. The van der Waals surface area contributed by atoms with Gasteiger partial charge in [0.1, 0.15) is 5.82 Å². The Labute approximate surface area is 165 Å². The Kier molecular flexibility index (Phi) is 7.00. The highest BCUT2D eigenvalue weighted by Crippen LogP contribution is 2.22. The van der Waals surface area contributed by atoms with Gasteiger partial charge in [-0.1, -0.05) is 36.4 Å². The van der Waals surface area contributed by atoms with Crippen LogP contribution in [0.4, 0.5) is 4.39 Å². The lowest BCUT2D eigenvalue weighted by Gasteiger charge is -2.16. The highest BCUT2D eigenvalue weighted by molar-refractivity contribution is 5.80. The SMILES string of the molecule is CN=C(NCCCC(=O)N1Cc2ccccc2C1)NCCc1cccc(F)c1. The molecule has 2 aromatic carbocycles. The molecule has 2 aromatic rings. The predicted octanol–water partition coefficient (Wildman–Crippen LogP) is 2.86. The van der Waals surface area contributed by atoms with Crippen molar-refractivity contribution in [3.63, 3.8) is 0 Å². The zero-order valence-corrected chi connectivity index (χ0v) is 16.2. The molecule has 1 aliphatic heterocycles. The second kappa shape index (κ2) is 9.88. The lowest BCUT2D eigenvalue weighted by molar-refractivity contribution is -0.131. The minimum Gasteiger partial charge on any atom is -0.356 e. The summed E-state index contributed by atoms with van der Waals surface area (Å²) in [4.78, 5) is 18.5. The number of guanidine groups is 1. The second-order valence-electron chi connectivity index (χ2n) is 6.93. The molecule has 0 spiro atoms. The topological polar surface area (TPSA) is 56.7 Å². The Bertz CT molecular complexity index is 812. The van der Waals surface area contributed by atoms with E-state index in [4.69, 9.17) is 0 Å². The van der Waals surface area contributed by atoms with Crippen molar-refractivity contribution in [2.24, 2.45) is 4.99 Å². The fourth-order valence-corrected chi connectivity index (χ4v) is 3.35. The molecule has 1 amide bonds. The van der Waals surface area contributed by atoms with Crippen LogP contribution in [0.1, 0.15) is 29.5 Å². The monoisotopic (exact) mass is 382 g/mol. The summed E-state index contributed by atoms with van der Waals surface area (Å²) in [7, 11) is 1.71. The summed E-state index contributed by atoms with van der Waals surface area (Å²) in [6, 6.07) is 14.8. The van der Waals surface area contributed by atoms with Crippen molar-refractivity contribution in [3.05, 3.63) is 71.0 Å². The van der Waals surface area contributed by atoms with E-state index in [2.05, 4.69) is 27.8 Å². The molecule has 1 heterocycles. The first-order valence-electron chi connectivity index (χ1n) is 9.69. The van der Waals surface area contributed by atoms with E-state index in [9.17, 15) is 9.18 Å². The number of nitrogens with one attached hydrogen (secondary N) is 2. The maximum atomic E-state index is 13.2. The van der Waals surface area contributed by atoms with E-state index >= 15 is 0 Å². The molecule has 0 unspecified atom stereocenters. The lowest BCUT2D eigenvalue weighted by atomic mass is 10.1. The summed E-state index contributed by atoms with van der Waals surface area (Å²) >= 11 is 0. The van der Waals surface area contributed by atoms with Gasteiger partial charge in [0, 0.05) is 39.6 Å². The molecule has 0 radical (unpaired) electrons. The van der Waals surface area contributed by atoms with Crippen LogP contribution in [0.15, 0.2) is 53.5 Å². The second-order valence-corrected chi connectivity index (χ2v) is 6.93. The molecule has 0 aliphatic carbocycles. The van der Waals surface area contributed by atoms with Crippen molar-refractivity contribution in [2.45, 2.75) is 32.4 Å². The average molecular weight is 382 g/mol. The van der Waals surface area contributed by atoms with Gasteiger partial charge in [0.15, 0.2) is 5.96 Å². The molecule has 0 saturated heterocycles. The number of benzene rings is 2. The first kappa shape index (κ1) is 19.9. The van der Waals surface area contributed by atoms with Crippen molar-refractivity contribution < 1.29 is 9.18 Å². The molecule has 0 atom stereocenters. The Hall–Kier alpha value is -2.89. The third kappa shape index (κ3) is 5.55. The molecule has 0 fully saturated rings. The number of fused-ring (bicyclic) bond motifs is 1. The van der Waals surface area contributed by atoms with Crippen molar-refractivity contribution in [1.82, 2.24) is 15.5 Å². The standard InChI is InChI=1S/C22H27FN4O/c1-24-22(26-13-11-17-6-4-9-20(23)14-17)25-12-5-10-21(28)27-15-18-7-2-3-8-19(18)16-27/h2-4,6-9,14H,5,10-13,15-16H2,1H3,(H2,24,25,26). The fourth-order valence-electron chi connectivity index (χ4n) is 3.35. The first-order chi connectivity index (χ1) is 13.7. The van der Waals surface area contributed by atoms with Gasteiger partial charge >= 0.3 is 0 Å². The van der Waals surface area contributed by atoms with E-state index < -0.39 is 0 Å². The first-order valence-corrected chi connectivity index (χ1v) is 9.69. The van der Waals surface area contributed by atoms with Crippen molar-refractivity contribution >= 4 is 11.9 Å². The number of aliphatic imine (C=N–C) groups is 1. The Morgan fingerprint density at radius 3 is 2.46 bits per heavy atom. The van der Waals surface area contributed by atoms with Crippen LogP contribution in [0.2, 0.25) is 0 Å². The highest BCUT2D eigenvalue weighted by atomic mass is 19.1. The molecule has 0 saturated carbocycles. The van der Waals surface area contributed by atoms with Crippen LogP contribution in [0.5, 0.6) is 0 Å². The van der Waals surface area contributed by atoms with Gasteiger partial charge in [-0.25, -0.2) is 4.39 Å². The quantitative estimate of drug-likeness (QED) is 0.440. The molecule has 3 rings (SSSR count). The van der Waals surface area contributed by atoms with E-state index in [0.717, 1.165) is 12.0 Å². The number of hydrogen-bond donors (Lipinski definition) is 2. The van der Waals surface area contributed by atoms with Crippen molar-refractivity contribution in [2.75, 3.05) is 20.1 Å². The largest absolute Gasteiger partial charge is 0.356 e. The van der Waals surface area contributed by atoms with Gasteiger partial charge in [-0.3, -0.25) is 9.79 Å². The molecule has 28 heavy (non-hydrogen) atoms. The summed E-state index contributed by atoms with van der Waals surface area (Å²) < 4.78 is 13.2. The minimum atomic E-state index is -0.217. The smallest absolute Gasteiger partial charge is 0.223 e. The van der Waals surface area contributed by atoms with E-state index in [1.807, 2.05) is 23.1 Å². The van der Waals surface area contributed by atoms with Crippen LogP contribution < -0.4 is 10.6 Å². The highest BCUT2D eigenvalue weighted by Gasteiger charge is 2.22. The zero-order chi connectivity index (χ0) is 19.8. The third-order valence-corrected chi connectivity index (χ3v) is 4.87.